The van der Waals surface area contributed by atoms with Crippen molar-refractivity contribution in [3.63, 3.8) is 0 Å². The fourth-order valence-corrected chi connectivity index (χ4v) is 4.32. The lowest BCUT2D eigenvalue weighted by Gasteiger charge is -2.36. The highest BCUT2D eigenvalue weighted by Crippen LogP contribution is 2.27. The fraction of sp³-hybridized carbons (Fsp3) is 0.478. The number of rotatable bonds is 5. The van der Waals surface area contributed by atoms with E-state index in [1.165, 1.54) is 17.7 Å². The van der Waals surface area contributed by atoms with Gasteiger partial charge in [-0.05, 0) is 41.5 Å². The molecule has 1 atom stereocenters. The maximum Gasteiger partial charge on any atom is 0.122 e. The number of aliphatic hydroxyl groups excluding tert-OH is 1. The van der Waals surface area contributed by atoms with E-state index in [0.29, 0.717) is 5.92 Å². The first-order valence-electron chi connectivity index (χ1n) is 10.1. The standard InChI is InChI=1S/C23H30N2O2/c26-18-22-7-2-1-6-21(22)17-25-12-10-24(11-13-25)16-19-9-14-27-23-8-4-3-5-20(23)15-19/h1-8,19,26H,9-18H2. The van der Waals surface area contributed by atoms with Crippen molar-refractivity contribution in [3.05, 3.63) is 65.2 Å². The lowest BCUT2D eigenvalue weighted by Crippen LogP contribution is -2.47. The van der Waals surface area contributed by atoms with Crippen LogP contribution in [0.3, 0.4) is 0 Å². The van der Waals surface area contributed by atoms with Gasteiger partial charge < -0.3 is 14.7 Å². The van der Waals surface area contributed by atoms with Crippen LogP contribution in [0.15, 0.2) is 48.5 Å². The molecule has 2 aromatic carbocycles. The molecule has 4 heteroatoms. The quantitative estimate of drug-likeness (QED) is 0.883. The molecule has 0 radical (unpaired) electrons. The van der Waals surface area contributed by atoms with Gasteiger partial charge in [-0.3, -0.25) is 4.90 Å². The molecular weight excluding hydrogens is 336 g/mol. The summed E-state index contributed by atoms with van der Waals surface area (Å²) in [5.74, 6) is 1.75. The Morgan fingerprint density at radius 1 is 0.889 bits per heavy atom. The van der Waals surface area contributed by atoms with Gasteiger partial charge >= 0.3 is 0 Å². The van der Waals surface area contributed by atoms with Crippen molar-refractivity contribution in [1.82, 2.24) is 9.80 Å². The average Bonchev–Trinajstić information content (AvgIpc) is 2.91. The smallest absolute Gasteiger partial charge is 0.122 e. The molecule has 0 spiro atoms. The van der Waals surface area contributed by atoms with Gasteiger partial charge in [-0.25, -0.2) is 0 Å². The SMILES string of the molecule is OCc1ccccc1CN1CCN(CC2CCOc3ccccc3C2)CC1. The molecule has 1 fully saturated rings. The first kappa shape index (κ1) is 18.5. The molecule has 1 unspecified atom stereocenters. The van der Waals surface area contributed by atoms with Gasteiger partial charge in [0.1, 0.15) is 5.75 Å². The molecule has 4 rings (SSSR count). The number of nitrogens with zero attached hydrogens (tertiary/aromatic N) is 2. The van der Waals surface area contributed by atoms with Crippen LogP contribution in [0.5, 0.6) is 5.75 Å². The molecule has 0 saturated carbocycles. The lowest BCUT2D eigenvalue weighted by molar-refractivity contribution is 0.109. The predicted molar refractivity (Wildman–Crippen MR) is 108 cm³/mol. The van der Waals surface area contributed by atoms with Gasteiger partial charge in [-0.1, -0.05) is 42.5 Å². The van der Waals surface area contributed by atoms with E-state index in [4.69, 9.17) is 4.74 Å². The minimum Gasteiger partial charge on any atom is -0.493 e. The summed E-state index contributed by atoms with van der Waals surface area (Å²) in [6.45, 7) is 7.51. The second-order valence-electron chi connectivity index (χ2n) is 7.82. The third-order valence-corrected chi connectivity index (χ3v) is 5.93. The molecule has 0 amide bonds. The fourth-order valence-electron chi connectivity index (χ4n) is 4.32. The highest BCUT2D eigenvalue weighted by atomic mass is 16.5. The molecule has 1 saturated heterocycles. The number of ether oxygens (including phenoxy) is 1. The number of piperazine rings is 1. The van der Waals surface area contributed by atoms with E-state index in [2.05, 4.69) is 46.2 Å². The van der Waals surface area contributed by atoms with Crippen molar-refractivity contribution in [1.29, 1.82) is 0 Å². The van der Waals surface area contributed by atoms with Crippen molar-refractivity contribution < 1.29 is 9.84 Å². The largest absolute Gasteiger partial charge is 0.493 e. The Balaban J connectivity index is 1.28. The van der Waals surface area contributed by atoms with Crippen LogP contribution < -0.4 is 4.74 Å². The van der Waals surface area contributed by atoms with Crippen molar-refractivity contribution >= 4 is 0 Å². The summed E-state index contributed by atoms with van der Waals surface area (Å²) in [5.41, 5.74) is 3.67. The maximum atomic E-state index is 9.53. The average molecular weight is 367 g/mol. The van der Waals surface area contributed by atoms with Crippen LogP contribution in [0.25, 0.3) is 0 Å². The van der Waals surface area contributed by atoms with Crippen LogP contribution >= 0.6 is 0 Å². The van der Waals surface area contributed by atoms with E-state index < -0.39 is 0 Å². The summed E-state index contributed by atoms with van der Waals surface area (Å²) in [6.07, 6.45) is 2.26. The minimum atomic E-state index is 0.126. The van der Waals surface area contributed by atoms with Crippen molar-refractivity contribution in [2.45, 2.75) is 26.0 Å². The molecule has 144 valence electrons. The molecule has 2 aromatic rings. The molecular formula is C23H30N2O2. The number of para-hydroxylation sites is 1. The Hall–Kier alpha value is -1.88. The van der Waals surface area contributed by atoms with Gasteiger partial charge in [0.25, 0.3) is 0 Å². The zero-order valence-electron chi connectivity index (χ0n) is 16.0. The molecule has 27 heavy (non-hydrogen) atoms. The van der Waals surface area contributed by atoms with E-state index in [1.807, 2.05) is 12.1 Å². The second-order valence-corrected chi connectivity index (χ2v) is 7.82. The Bertz CT molecular complexity index is 741. The third kappa shape index (κ3) is 4.70. The van der Waals surface area contributed by atoms with Gasteiger partial charge in [0, 0.05) is 39.3 Å². The van der Waals surface area contributed by atoms with Gasteiger partial charge in [-0.15, -0.1) is 0 Å². The number of fused-ring (bicyclic) bond motifs is 1. The number of benzene rings is 2. The van der Waals surface area contributed by atoms with Crippen molar-refractivity contribution in [2.75, 3.05) is 39.3 Å². The highest BCUT2D eigenvalue weighted by molar-refractivity contribution is 5.34. The van der Waals surface area contributed by atoms with Crippen LogP contribution in [0.2, 0.25) is 0 Å². The first-order chi connectivity index (χ1) is 13.3. The topological polar surface area (TPSA) is 35.9 Å². The van der Waals surface area contributed by atoms with Crippen LogP contribution in [0, 0.1) is 5.92 Å². The number of aliphatic hydroxyl groups is 1. The first-order valence-corrected chi connectivity index (χ1v) is 10.1. The molecule has 0 bridgehead atoms. The summed E-state index contributed by atoms with van der Waals surface area (Å²) in [5, 5.41) is 9.53. The van der Waals surface area contributed by atoms with Crippen molar-refractivity contribution in [2.24, 2.45) is 5.92 Å². The molecule has 0 aromatic heterocycles. The van der Waals surface area contributed by atoms with Crippen LogP contribution in [0.1, 0.15) is 23.1 Å². The Labute approximate surface area is 162 Å². The molecule has 0 aliphatic carbocycles. The maximum absolute atomic E-state index is 9.53. The Kier molecular flexibility index (Phi) is 6.07. The summed E-state index contributed by atoms with van der Waals surface area (Å²) < 4.78 is 5.93. The van der Waals surface area contributed by atoms with Gasteiger partial charge in [0.15, 0.2) is 0 Å². The lowest BCUT2D eigenvalue weighted by atomic mass is 9.96. The molecule has 2 aliphatic rings. The van der Waals surface area contributed by atoms with Crippen molar-refractivity contribution in [3.8, 4) is 5.75 Å². The van der Waals surface area contributed by atoms with Crippen LogP contribution in [-0.4, -0.2) is 54.2 Å². The molecule has 4 nitrogen and oxygen atoms in total. The normalized spacial score (nSPS) is 21.3. The van der Waals surface area contributed by atoms with Crippen LogP contribution in [0.4, 0.5) is 0 Å². The van der Waals surface area contributed by atoms with Gasteiger partial charge in [-0.2, -0.15) is 0 Å². The van der Waals surface area contributed by atoms with E-state index in [-0.39, 0.29) is 6.61 Å². The van der Waals surface area contributed by atoms with Gasteiger partial charge in [0.05, 0.1) is 13.2 Å². The second kappa shape index (κ2) is 8.87. The summed E-state index contributed by atoms with van der Waals surface area (Å²) >= 11 is 0. The zero-order valence-corrected chi connectivity index (χ0v) is 16.0. The summed E-state index contributed by atoms with van der Waals surface area (Å²) in [6, 6.07) is 16.7. The van der Waals surface area contributed by atoms with E-state index >= 15 is 0 Å². The monoisotopic (exact) mass is 366 g/mol. The third-order valence-electron chi connectivity index (χ3n) is 5.93. The minimum absolute atomic E-state index is 0.126. The van der Waals surface area contributed by atoms with E-state index in [9.17, 15) is 5.11 Å². The van der Waals surface area contributed by atoms with E-state index in [0.717, 1.165) is 63.5 Å². The number of hydrogen-bond donors (Lipinski definition) is 1. The Morgan fingerprint density at radius 2 is 1.59 bits per heavy atom. The zero-order chi connectivity index (χ0) is 18.5. The van der Waals surface area contributed by atoms with E-state index in [1.54, 1.807) is 0 Å². The summed E-state index contributed by atoms with van der Waals surface area (Å²) in [4.78, 5) is 5.13. The Morgan fingerprint density at radius 3 is 2.41 bits per heavy atom. The summed E-state index contributed by atoms with van der Waals surface area (Å²) in [7, 11) is 0. The molecule has 2 heterocycles. The molecule has 1 N–H and O–H groups in total. The highest BCUT2D eigenvalue weighted by Gasteiger charge is 2.23. The predicted octanol–water partition coefficient (Wildman–Crippen LogP) is 2.94. The number of hydrogen-bond acceptors (Lipinski definition) is 4. The van der Waals surface area contributed by atoms with Crippen LogP contribution in [-0.2, 0) is 19.6 Å². The molecule has 2 aliphatic heterocycles. The van der Waals surface area contributed by atoms with Gasteiger partial charge in [0.2, 0.25) is 0 Å².